The normalized spacial score (nSPS) is 11.5. The van der Waals surface area contributed by atoms with Gasteiger partial charge in [-0.05, 0) is 17.8 Å². The van der Waals surface area contributed by atoms with Crippen LogP contribution in [0.2, 0.25) is 5.02 Å². The van der Waals surface area contributed by atoms with Gasteiger partial charge in [0.1, 0.15) is 0 Å². The summed E-state index contributed by atoms with van der Waals surface area (Å²) < 4.78 is 0. The minimum absolute atomic E-state index is 0.565. The van der Waals surface area contributed by atoms with Crippen LogP contribution in [0.25, 0.3) is 0 Å². The van der Waals surface area contributed by atoms with Crippen LogP contribution in [0.15, 0.2) is 12.4 Å². The first-order valence-electron chi connectivity index (χ1n) is 5.72. The van der Waals surface area contributed by atoms with Gasteiger partial charge >= 0.3 is 0 Å². The van der Waals surface area contributed by atoms with Crippen LogP contribution in [-0.2, 0) is 0 Å². The van der Waals surface area contributed by atoms with E-state index in [9.17, 15) is 0 Å². The first kappa shape index (κ1) is 13.2. The minimum atomic E-state index is 0.565. The molecule has 0 saturated carbocycles. The molecule has 1 aromatic heterocycles. The van der Waals surface area contributed by atoms with Crippen molar-refractivity contribution in [3.05, 3.63) is 17.4 Å². The molecule has 1 aromatic rings. The fourth-order valence-electron chi connectivity index (χ4n) is 1.85. The summed E-state index contributed by atoms with van der Waals surface area (Å²) in [6, 6.07) is 0. The van der Waals surface area contributed by atoms with Crippen LogP contribution in [0.3, 0.4) is 0 Å². The molecule has 0 aliphatic heterocycles. The number of hydrogen-bond acceptors (Lipinski definition) is 3. The van der Waals surface area contributed by atoms with E-state index in [4.69, 9.17) is 11.6 Å². The van der Waals surface area contributed by atoms with Gasteiger partial charge in [0, 0.05) is 6.54 Å². The Hall–Kier alpha value is -0.830. The van der Waals surface area contributed by atoms with Crippen LogP contribution in [0.4, 0.5) is 5.95 Å². The fourth-order valence-corrected chi connectivity index (χ4v) is 1.95. The standard InChI is InChI=1S/C12H20ClN3/c1-8(2)11(9(3)4)7-16-12-14-5-10(13)6-15-12/h5-6,8-9,11H,7H2,1-4H3,(H,14,15,16). The number of aromatic nitrogens is 2. The van der Waals surface area contributed by atoms with Crippen LogP contribution in [0, 0.1) is 17.8 Å². The molecule has 0 unspecified atom stereocenters. The summed E-state index contributed by atoms with van der Waals surface area (Å²) in [7, 11) is 0. The predicted octanol–water partition coefficient (Wildman–Crippen LogP) is 3.47. The highest BCUT2D eigenvalue weighted by Gasteiger charge is 2.17. The molecule has 16 heavy (non-hydrogen) atoms. The van der Waals surface area contributed by atoms with E-state index in [1.165, 1.54) is 0 Å². The van der Waals surface area contributed by atoms with Gasteiger partial charge in [-0.1, -0.05) is 39.3 Å². The molecule has 0 aliphatic rings. The van der Waals surface area contributed by atoms with Gasteiger partial charge in [0.05, 0.1) is 17.4 Å². The van der Waals surface area contributed by atoms with Crippen LogP contribution in [0.1, 0.15) is 27.7 Å². The van der Waals surface area contributed by atoms with E-state index in [1.54, 1.807) is 12.4 Å². The summed E-state index contributed by atoms with van der Waals surface area (Å²) in [5.74, 6) is 2.58. The summed E-state index contributed by atoms with van der Waals surface area (Å²) in [6.45, 7) is 9.88. The van der Waals surface area contributed by atoms with Crippen molar-refractivity contribution in [2.45, 2.75) is 27.7 Å². The Labute approximate surface area is 103 Å². The highest BCUT2D eigenvalue weighted by atomic mass is 35.5. The third-order valence-electron chi connectivity index (χ3n) is 2.83. The van der Waals surface area contributed by atoms with Gasteiger partial charge in [0.2, 0.25) is 5.95 Å². The monoisotopic (exact) mass is 241 g/mol. The van der Waals surface area contributed by atoms with E-state index in [0.717, 1.165) is 6.54 Å². The summed E-state index contributed by atoms with van der Waals surface area (Å²) in [4.78, 5) is 8.23. The molecular weight excluding hydrogens is 222 g/mol. The number of nitrogens with zero attached hydrogens (tertiary/aromatic N) is 2. The number of rotatable bonds is 5. The van der Waals surface area contributed by atoms with Crippen molar-refractivity contribution in [1.29, 1.82) is 0 Å². The van der Waals surface area contributed by atoms with Crippen molar-refractivity contribution in [3.8, 4) is 0 Å². The second-order valence-electron chi connectivity index (χ2n) is 4.76. The Kier molecular flexibility index (Phi) is 5.00. The summed E-state index contributed by atoms with van der Waals surface area (Å²) in [5, 5.41) is 3.82. The van der Waals surface area contributed by atoms with Crippen molar-refractivity contribution >= 4 is 17.5 Å². The van der Waals surface area contributed by atoms with E-state index >= 15 is 0 Å². The lowest BCUT2D eigenvalue weighted by molar-refractivity contribution is 0.304. The van der Waals surface area contributed by atoms with Gasteiger partial charge in [-0.3, -0.25) is 0 Å². The fraction of sp³-hybridized carbons (Fsp3) is 0.667. The first-order valence-corrected chi connectivity index (χ1v) is 6.10. The second-order valence-corrected chi connectivity index (χ2v) is 5.19. The molecule has 0 amide bonds. The van der Waals surface area contributed by atoms with Crippen LogP contribution in [-0.4, -0.2) is 16.5 Å². The third-order valence-corrected chi connectivity index (χ3v) is 3.02. The van der Waals surface area contributed by atoms with Crippen LogP contribution >= 0.6 is 11.6 Å². The van der Waals surface area contributed by atoms with Gasteiger partial charge in [-0.2, -0.15) is 0 Å². The van der Waals surface area contributed by atoms with Crippen molar-refractivity contribution in [2.75, 3.05) is 11.9 Å². The Morgan fingerprint density at radius 3 is 2.06 bits per heavy atom. The van der Waals surface area contributed by atoms with Crippen LogP contribution in [0.5, 0.6) is 0 Å². The van der Waals surface area contributed by atoms with Crippen molar-refractivity contribution in [2.24, 2.45) is 17.8 Å². The zero-order valence-electron chi connectivity index (χ0n) is 10.4. The molecule has 1 heterocycles. The second kappa shape index (κ2) is 6.04. The number of halogens is 1. The molecule has 1 rings (SSSR count). The van der Waals surface area contributed by atoms with Gasteiger partial charge in [-0.15, -0.1) is 0 Å². The lowest BCUT2D eigenvalue weighted by atomic mass is 9.85. The maximum atomic E-state index is 5.72. The molecule has 0 aromatic carbocycles. The summed E-state index contributed by atoms with van der Waals surface area (Å²) in [6.07, 6.45) is 3.22. The lowest BCUT2D eigenvalue weighted by Gasteiger charge is -2.24. The molecule has 0 atom stereocenters. The number of anilines is 1. The smallest absolute Gasteiger partial charge is 0.222 e. The molecule has 0 bridgehead atoms. The maximum Gasteiger partial charge on any atom is 0.222 e. The highest BCUT2D eigenvalue weighted by molar-refractivity contribution is 6.30. The Bertz CT molecular complexity index is 301. The molecule has 0 aliphatic carbocycles. The van der Waals surface area contributed by atoms with E-state index in [0.29, 0.717) is 28.7 Å². The first-order chi connectivity index (χ1) is 7.50. The quantitative estimate of drug-likeness (QED) is 0.858. The maximum absolute atomic E-state index is 5.72. The van der Waals surface area contributed by atoms with E-state index in [2.05, 4.69) is 43.0 Å². The minimum Gasteiger partial charge on any atom is -0.354 e. The molecule has 0 saturated heterocycles. The molecule has 1 N–H and O–H groups in total. The van der Waals surface area contributed by atoms with Gasteiger partial charge in [-0.25, -0.2) is 9.97 Å². The Morgan fingerprint density at radius 1 is 1.12 bits per heavy atom. The average molecular weight is 242 g/mol. The largest absolute Gasteiger partial charge is 0.354 e. The number of nitrogens with one attached hydrogen (secondary N) is 1. The predicted molar refractivity (Wildman–Crippen MR) is 68.7 cm³/mol. The van der Waals surface area contributed by atoms with Crippen molar-refractivity contribution in [1.82, 2.24) is 9.97 Å². The van der Waals surface area contributed by atoms with Gasteiger partial charge in [0.25, 0.3) is 0 Å². The average Bonchev–Trinajstić information content (AvgIpc) is 2.20. The molecular formula is C12H20ClN3. The van der Waals surface area contributed by atoms with E-state index in [-0.39, 0.29) is 0 Å². The molecule has 0 spiro atoms. The molecule has 0 fully saturated rings. The third kappa shape index (κ3) is 3.97. The molecule has 90 valence electrons. The molecule has 0 radical (unpaired) electrons. The SMILES string of the molecule is CC(C)C(CNc1ncc(Cl)cn1)C(C)C. The zero-order valence-corrected chi connectivity index (χ0v) is 11.1. The van der Waals surface area contributed by atoms with Gasteiger partial charge in [0.15, 0.2) is 0 Å². The zero-order chi connectivity index (χ0) is 12.1. The topological polar surface area (TPSA) is 37.8 Å². The molecule has 3 nitrogen and oxygen atoms in total. The Morgan fingerprint density at radius 2 is 1.62 bits per heavy atom. The summed E-state index contributed by atoms with van der Waals surface area (Å²) >= 11 is 5.72. The van der Waals surface area contributed by atoms with Crippen LogP contribution < -0.4 is 5.32 Å². The van der Waals surface area contributed by atoms with Crippen molar-refractivity contribution < 1.29 is 0 Å². The summed E-state index contributed by atoms with van der Waals surface area (Å²) in [5.41, 5.74) is 0. The lowest BCUT2D eigenvalue weighted by Crippen LogP contribution is -2.25. The molecule has 4 heteroatoms. The Balaban J connectivity index is 2.52. The number of hydrogen-bond donors (Lipinski definition) is 1. The van der Waals surface area contributed by atoms with E-state index in [1.807, 2.05) is 0 Å². The highest BCUT2D eigenvalue weighted by Crippen LogP contribution is 2.20. The van der Waals surface area contributed by atoms with Crippen molar-refractivity contribution in [3.63, 3.8) is 0 Å². The van der Waals surface area contributed by atoms with Gasteiger partial charge < -0.3 is 5.32 Å². The van der Waals surface area contributed by atoms with E-state index < -0.39 is 0 Å².